The number of unbranched alkanes of at least 4 members (excludes halogenated alkanes) is 1. The van der Waals surface area contributed by atoms with Gasteiger partial charge in [0.15, 0.2) is 11.6 Å². The van der Waals surface area contributed by atoms with E-state index < -0.39 is 29.1 Å². The molecule has 0 saturated heterocycles. The molecule has 0 spiro atoms. The first-order valence-corrected chi connectivity index (χ1v) is 10.7. The molecule has 0 amide bonds. The van der Waals surface area contributed by atoms with Crippen molar-refractivity contribution in [2.45, 2.75) is 52.1 Å². The van der Waals surface area contributed by atoms with Crippen LogP contribution in [-0.2, 0) is 19.0 Å². The molecule has 3 rings (SSSR count). The Balaban J connectivity index is 1.81. The van der Waals surface area contributed by atoms with Crippen molar-refractivity contribution in [3.8, 4) is 17.2 Å². The SMILES string of the molecule is CCCCc1ccc(OC(F)(F)c2c(F)c[c]c(Oc3ccc(CCC)cc3)c2F)cc1. The van der Waals surface area contributed by atoms with Gasteiger partial charge in [-0.15, -0.1) is 0 Å². The van der Waals surface area contributed by atoms with Crippen LogP contribution in [0.25, 0.3) is 0 Å². The minimum absolute atomic E-state index is 0.198. The summed E-state index contributed by atoms with van der Waals surface area (Å²) in [5.41, 5.74) is 0.503. The highest BCUT2D eigenvalue weighted by Gasteiger charge is 2.42. The normalized spacial score (nSPS) is 11.4. The van der Waals surface area contributed by atoms with Gasteiger partial charge in [0, 0.05) is 6.07 Å². The van der Waals surface area contributed by atoms with E-state index in [9.17, 15) is 17.6 Å². The van der Waals surface area contributed by atoms with Crippen LogP contribution in [0.5, 0.6) is 17.2 Å². The number of benzene rings is 3. The number of alkyl halides is 2. The van der Waals surface area contributed by atoms with E-state index in [-0.39, 0.29) is 11.5 Å². The van der Waals surface area contributed by atoms with Crippen molar-refractivity contribution in [1.29, 1.82) is 0 Å². The van der Waals surface area contributed by atoms with Gasteiger partial charge in [-0.1, -0.05) is 51.0 Å². The van der Waals surface area contributed by atoms with Crippen molar-refractivity contribution in [1.82, 2.24) is 0 Å². The lowest BCUT2D eigenvalue weighted by Gasteiger charge is -2.20. The van der Waals surface area contributed by atoms with Crippen molar-refractivity contribution in [3.63, 3.8) is 0 Å². The summed E-state index contributed by atoms with van der Waals surface area (Å²) >= 11 is 0. The van der Waals surface area contributed by atoms with Crippen LogP contribution in [0.2, 0.25) is 0 Å². The molecule has 0 fully saturated rings. The summed E-state index contributed by atoms with van der Waals surface area (Å²) in [5.74, 6) is -3.65. The zero-order chi connectivity index (χ0) is 23.1. The minimum atomic E-state index is -4.25. The molecule has 2 nitrogen and oxygen atoms in total. The summed E-state index contributed by atoms with van der Waals surface area (Å²) < 4.78 is 68.6. The fraction of sp³-hybridized carbons (Fsp3) is 0.308. The molecule has 0 aliphatic heterocycles. The minimum Gasteiger partial charge on any atom is -0.454 e. The summed E-state index contributed by atoms with van der Waals surface area (Å²) in [5, 5.41) is 0. The van der Waals surface area contributed by atoms with Crippen molar-refractivity contribution >= 4 is 0 Å². The summed E-state index contributed by atoms with van der Waals surface area (Å²) in [7, 11) is 0. The topological polar surface area (TPSA) is 18.5 Å². The Hall–Kier alpha value is -3.02. The number of rotatable bonds is 10. The van der Waals surface area contributed by atoms with Gasteiger partial charge in [-0.2, -0.15) is 8.78 Å². The summed E-state index contributed by atoms with van der Waals surface area (Å²) in [6, 6.07) is 15.7. The van der Waals surface area contributed by atoms with E-state index in [0.29, 0.717) is 6.07 Å². The fourth-order valence-corrected chi connectivity index (χ4v) is 3.26. The summed E-state index contributed by atoms with van der Waals surface area (Å²) in [6.07, 6.45) is 0.359. The Bertz CT molecular complexity index is 1020. The Morgan fingerprint density at radius 2 is 1.41 bits per heavy atom. The predicted octanol–water partition coefficient (Wildman–Crippen LogP) is 7.98. The third-order valence-corrected chi connectivity index (χ3v) is 4.95. The van der Waals surface area contributed by atoms with Crippen molar-refractivity contribution in [2.75, 3.05) is 0 Å². The molecule has 0 aliphatic carbocycles. The molecule has 0 N–H and O–H groups in total. The molecule has 6 heteroatoms. The molecule has 32 heavy (non-hydrogen) atoms. The van der Waals surface area contributed by atoms with Gasteiger partial charge >= 0.3 is 6.11 Å². The quantitative estimate of drug-likeness (QED) is 0.295. The maximum absolute atomic E-state index is 14.9. The molecule has 3 aromatic carbocycles. The van der Waals surface area contributed by atoms with Crippen LogP contribution in [0.1, 0.15) is 49.8 Å². The van der Waals surface area contributed by atoms with Crippen LogP contribution in [0.3, 0.4) is 0 Å². The number of hydrogen-bond acceptors (Lipinski definition) is 2. The largest absolute Gasteiger partial charge is 0.454 e. The van der Waals surface area contributed by atoms with E-state index in [1.54, 1.807) is 36.4 Å². The molecule has 3 aromatic rings. The van der Waals surface area contributed by atoms with Crippen LogP contribution >= 0.6 is 0 Å². The molecular formula is C26H25F4O2. The van der Waals surface area contributed by atoms with Crippen LogP contribution < -0.4 is 9.47 Å². The molecular weight excluding hydrogens is 420 g/mol. The van der Waals surface area contributed by atoms with Crippen LogP contribution in [-0.4, -0.2) is 0 Å². The van der Waals surface area contributed by atoms with E-state index in [4.69, 9.17) is 4.74 Å². The second kappa shape index (κ2) is 10.5. The van der Waals surface area contributed by atoms with E-state index in [1.807, 2.05) is 6.92 Å². The highest BCUT2D eigenvalue weighted by molar-refractivity contribution is 5.38. The molecule has 169 valence electrons. The number of halogens is 4. The fourth-order valence-electron chi connectivity index (χ4n) is 3.26. The monoisotopic (exact) mass is 445 g/mol. The molecule has 0 heterocycles. The Labute approximate surface area is 185 Å². The standard InChI is InChI=1S/C26H25F4O2/c1-3-5-7-19-10-14-21(15-11-19)32-26(29,30)24-22(27)16-17-23(25(24)28)31-20-12-8-18(6-4-2)9-13-20/h8-16H,3-7H2,1-2H3. The molecule has 0 unspecified atom stereocenters. The summed E-state index contributed by atoms with van der Waals surface area (Å²) in [4.78, 5) is 0. The maximum Gasteiger partial charge on any atom is 0.432 e. The molecule has 0 aliphatic rings. The van der Waals surface area contributed by atoms with E-state index in [1.165, 1.54) is 12.1 Å². The van der Waals surface area contributed by atoms with Gasteiger partial charge in [0.2, 0.25) is 0 Å². The maximum atomic E-state index is 14.9. The molecule has 1 radical (unpaired) electrons. The third-order valence-electron chi connectivity index (χ3n) is 4.95. The van der Waals surface area contributed by atoms with Crippen LogP contribution in [0, 0.1) is 17.7 Å². The lowest BCUT2D eigenvalue weighted by Crippen LogP contribution is -2.25. The third kappa shape index (κ3) is 5.81. The van der Waals surface area contributed by atoms with Crippen molar-refractivity contribution in [2.24, 2.45) is 0 Å². The highest BCUT2D eigenvalue weighted by Crippen LogP contribution is 2.38. The van der Waals surface area contributed by atoms with Gasteiger partial charge in [0.25, 0.3) is 0 Å². The van der Waals surface area contributed by atoms with E-state index in [0.717, 1.165) is 43.2 Å². The zero-order valence-electron chi connectivity index (χ0n) is 18.1. The van der Waals surface area contributed by atoms with Crippen LogP contribution in [0.15, 0.2) is 54.6 Å². The van der Waals surface area contributed by atoms with Gasteiger partial charge < -0.3 is 9.47 Å². The Kier molecular flexibility index (Phi) is 7.78. The molecule has 0 saturated carbocycles. The first kappa shape index (κ1) is 23.6. The number of hydrogen-bond donors (Lipinski definition) is 0. The average Bonchev–Trinajstić information content (AvgIpc) is 2.76. The molecule has 0 atom stereocenters. The first-order valence-electron chi connectivity index (χ1n) is 10.7. The van der Waals surface area contributed by atoms with Gasteiger partial charge in [-0.3, -0.25) is 0 Å². The average molecular weight is 445 g/mol. The zero-order valence-corrected chi connectivity index (χ0v) is 18.1. The smallest absolute Gasteiger partial charge is 0.432 e. The van der Waals surface area contributed by atoms with Gasteiger partial charge in [0.05, 0.1) is 0 Å². The van der Waals surface area contributed by atoms with Gasteiger partial charge in [-0.05, 0) is 60.7 Å². The predicted molar refractivity (Wildman–Crippen MR) is 115 cm³/mol. The van der Waals surface area contributed by atoms with Gasteiger partial charge in [0.1, 0.15) is 22.9 Å². The highest BCUT2D eigenvalue weighted by atomic mass is 19.3. The number of ether oxygens (including phenoxy) is 2. The lowest BCUT2D eigenvalue weighted by molar-refractivity contribution is -0.189. The van der Waals surface area contributed by atoms with Crippen molar-refractivity contribution < 1.29 is 27.0 Å². The van der Waals surface area contributed by atoms with Gasteiger partial charge in [-0.25, -0.2) is 8.78 Å². The first-order chi connectivity index (χ1) is 15.3. The lowest BCUT2D eigenvalue weighted by atomic mass is 10.1. The Morgan fingerprint density at radius 3 is 2.00 bits per heavy atom. The molecule has 0 aromatic heterocycles. The van der Waals surface area contributed by atoms with Crippen molar-refractivity contribution in [3.05, 3.63) is 89.0 Å². The second-order valence-electron chi connectivity index (χ2n) is 7.52. The second-order valence-corrected chi connectivity index (χ2v) is 7.52. The Morgan fingerprint density at radius 1 is 0.812 bits per heavy atom. The number of aryl methyl sites for hydroxylation is 2. The van der Waals surface area contributed by atoms with E-state index in [2.05, 4.69) is 17.7 Å². The van der Waals surface area contributed by atoms with E-state index >= 15 is 0 Å². The molecule has 0 bridgehead atoms. The van der Waals surface area contributed by atoms with Crippen LogP contribution in [0.4, 0.5) is 17.6 Å². The summed E-state index contributed by atoms with van der Waals surface area (Å²) in [6.45, 7) is 4.09.